The number of halogens is 2. The van der Waals surface area contributed by atoms with E-state index in [-0.39, 0.29) is 10.6 Å². The molecule has 2 atom stereocenters. The highest BCUT2D eigenvalue weighted by molar-refractivity contribution is 7.98. The fraction of sp³-hybridized carbons (Fsp3) is 0.409. The molecule has 0 unspecified atom stereocenters. The van der Waals surface area contributed by atoms with Gasteiger partial charge in [0.25, 0.3) is 11.8 Å². The van der Waals surface area contributed by atoms with Gasteiger partial charge < -0.3 is 16.4 Å². The molecular formula is C22H25Cl2N3O3S2. The summed E-state index contributed by atoms with van der Waals surface area (Å²) in [5.41, 5.74) is 7.21. The molecule has 2 aromatic rings. The van der Waals surface area contributed by atoms with Crippen LogP contribution < -0.4 is 16.4 Å². The van der Waals surface area contributed by atoms with Crippen molar-refractivity contribution in [2.75, 3.05) is 17.3 Å². The molecular weight excluding hydrogens is 489 g/mol. The highest BCUT2D eigenvalue weighted by Gasteiger charge is 2.29. The maximum atomic E-state index is 13.1. The number of thiophene rings is 1. The molecule has 1 aromatic heterocycles. The fourth-order valence-corrected chi connectivity index (χ4v) is 6.10. The Labute approximate surface area is 205 Å². The third kappa shape index (κ3) is 5.78. The zero-order valence-electron chi connectivity index (χ0n) is 17.8. The molecule has 6 nitrogen and oxygen atoms in total. The SMILES string of the molecule is CSCC[C@@H](NC(=O)c1ccc(Cl)cc1Cl)C(=O)Nc1sc2c(c1C(N)=O)CC[C@@H](C)C2. The van der Waals surface area contributed by atoms with Gasteiger partial charge in [-0.3, -0.25) is 14.4 Å². The minimum atomic E-state index is -0.805. The Balaban J connectivity index is 1.82. The molecule has 0 bridgehead atoms. The number of hydrogen-bond acceptors (Lipinski definition) is 5. The van der Waals surface area contributed by atoms with Crippen LogP contribution in [0.1, 0.15) is 50.9 Å². The molecule has 0 aliphatic heterocycles. The van der Waals surface area contributed by atoms with Crippen LogP contribution in [0.5, 0.6) is 0 Å². The number of rotatable bonds is 8. The Morgan fingerprint density at radius 2 is 2.06 bits per heavy atom. The lowest BCUT2D eigenvalue weighted by Gasteiger charge is -2.19. The van der Waals surface area contributed by atoms with E-state index in [0.29, 0.717) is 33.7 Å². The minimum Gasteiger partial charge on any atom is -0.365 e. The van der Waals surface area contributed by atoms with Crippen molar-refractivity contribution in [2.45, 2.75) is 38.6 Å². The van der Waals surface area contributed by atoms with E-state index in [1.165, 1.54) is 23.5 Å². The number of hydrogen-bond donors (Lipinski definition) is 3. The molecule has 3 rings (SSSR count). The first-order chi connectivity index (χ1) is 15.2. The van der Waals surface area contributed by atoms with Crippen molar-refractivity contribution in [1.29, 1.82) is 0 Å². The lowest BCUT2D eigenvalue weighted by atomic mass is 9.88. The van der Waals surface area contributed by atoms with Gasteiger partial charge >= 0.3 is 0 Å². The second-order valence-electron chi connectivity index (χ2n) is 7.84. The van der Waals surface area contributed by atoms with Crippen molar-refractivity contribution in [3.05, 3.63) is 49.8 Å². The van der Waals surface area contributed by atoms with Crippen LogP contribution >= 0.6 is 46.3 Å². The quantitative estimate of drug-likeness (QED) is 0.473. The average Bonchev–Trinajstić information content (AvgIpc) is 3.07. The van der Waals surface area contributed by atoms with Crippen LogP contribution in [-0.4, -0.2) is 35.8 Å². The van der Waals surface area contributed by atoms with Gasteiger partial charge in [-0.2, -0.15) is 11.8 Å². The standard InChI is InChI=1S/C22H25Cl2N3O3S2/c1-11-3-5-14-17(9-11)32-22(18(14)19(25)28)27-21(30)16(7-8-31-2)26-20(29)13-6-4-12(23)10-15(13)24/h4,6,10-11,16H,3,5,7-9H2,1-2H3,(H2,25,28)(H,26,29)(H,27,30)/t11-,16-/m1/s1. The fourth-order valence-electron chi connectivity index (χ4n) is 3.71. The summed E-state index contributed by atoms with van der Waals surface area (Å²) in [7, 11) is 0. The molecule has 0 spiro atoms. The second-order valence-corrected chi connectivity index (χ2v) is 10.8. The maximum Gasteiger partial charge on any atom is 0.253 e. The van der Waals surface area contributed by atoms with Gasteiger partial charge in [-0.15, -0.1) is 11.3 Å². The first-order valence-electron chi connectivity index (χ1n) is 10.2. The number of primary amides is 1. The van der Waals surface area contributed by atoms with Crippen molar-refractivity contribution in [1.82, 2.24) is 5.32 Å². The van der Waals surface area contributed by atoms with Crippen molar-refractivity contribution in [3.63, 3.8) is 0 Å². The molecule has 1 heterocycles. The molecule has 1 aliphatic carbocycles. The number of fused-ring (bicyclic) bond motifs is 1. The van der Waals surface area contributed by atoms with E-state index in [1.54, 1.807) is 17.8 Å². The number of nitrogens with one attached hydrogen (secondary N) is 2. The molecule has 1 aromatic carbocycles. The van der Waals surface area contributed by atoms with Crippen molar-refractivity contribution < 1.29 is 14.4 Å². The topological polar surface area (TPSA) is 101 Å². The lowest BCUT2D eigenvalue weighted by Crippen LogP contribution is -2.44. The van der Waals surface area contributed by atoms with E-state index < -0.39 is 23.8 Å². The molecule has 3 amide bonds. The van der Waals surface area contributed by atoms with Crippen LogP contribution in [0.3, 0.4) is 0 Å². The van der Waals surface area contributed by atoms with E-state index in [9.17, 15) is 14.4 Å². The van der Waals surface area contributed by atoms with E-state index >= 15 is 0 Å². The second kappa shape index (κ2) is 10.9. The number of thioether (sulfide) groups is 1. The summed E-state index contributed by atoms with van der Waals surface area (Å²) in [5, 5.41) is 6.69. The molecule has 0 fully saturated rings. The minimum absolute atomic E-state index is 0.204. The van der Waals surface area contributed by atoms with E-state index in [4.69, 9.17) is 28.9 Å². The number of anilines is 1. The average molecular weight is 515 g/mol. The predicted molar refractivity (Wildman–Crippen MR) is 133 cm³/mol. The summed E-state index contributed by atoms with van der Waals surface area (Å²) in [4.78, 5) is 39.2. The van der Waals surface area contributed by atoms with Crippen LogP contribution in [0.25, 0.3) is 0 Å². The summed E-state index contributed by atoms with van der Waals surface area (Å²) < 4.78 is 0. The zero-order valence-corrected chi connectivity index (χ0v) is 20.9. The van der Waals surface area contributed by atoms with Gasteiger partial charge in [0, 0.05) is 9.90 Å². The van der Waals surface area contributed by atoms with Gasteiger partial charge in [-0.25, -0.2) is 0 Å². The van der Waals surface area contributed by atoms with Crippen molar-refractivity contribution >= 4 is 69.0 Å². The number of benzene rings is 1. The normalized spacial score (nSPS) is 16.2. The molecule has 32 heavy (non-hydrogen) atoms. The maximum absolute atomic E-state index is 13.1. The van der Waals surface area contributed by atoms with Crippen LogP contribution in [0.15, 0.2) is 18.2 Å². The number of carbonyl (C=O) groups excluding carboxylic acids is 3. The van der Waals surface area contributed by atoms with Gasteiger partial charge in [-0.05, 0) is 67.4 Å². The van der Waals surface area contributed by atoms with Crippen LogP contribution in [0.4, 0.5) is 5.00 Å². The molecule has 172 valence electrons. The number of nitrogens with two attached hydrogens (primary N) is 1. The van der Waals surface area contributed by atoms with Crippen LogP contribution in [-0.2, 0) is 17.6 Å². The largest absolute Gasteiger partial charge is 0.365 e. The summed E-state index contributed by atoms with van der Waals surface area (Å²) in [6.45, 7) is 2.17. The Hall–Kier alpha value is -1.74. The van der Waals surface area contributed by atoms with Crippen molar-refractivity contribution in [3.8, 4) is 0 Å². The number of carbonyl (C=O) groups is 3. The van der Waals surface area contributed by atoms with E-state index in [0.717, 1.165) is 29.7 Å². The van der Waals surface area contributed by atoms with E-state index in [1.807, 2.05) is 6.26 Å². The molecule has 0 radical (unpaired) electrons. The van der Waals surface area contributed by atoms with Crippen LogP contribution in [0.2, 0.25) is 10.0 Å². The predicted octanol–water partition coefficient (Wildman–Crippen LogP) is 4.77. The summed E-state index contributed by atoms with van der Waals surface area (Å²) >= 11 is 15.0. The Morgan fingerprint density at radius 1 is 1.31 bits per heavy atom. The smallest absolute Gasteiger partial charge is 0.253 e. The number of amides is 3. The van der Waals surface area contributed by atoms with E-state index in [2.05, 4.69) is 17.6 Å². The molecule has 1 aliphatic rings. The Bertz CT molecular complexity index is 1040. The highest BCUT2D eigenvalue weighted by atomic mass is 35.5. The molecule has 0 saturated carbocycles. The Kier molecular flexibility index (Phi) is 8.49. The summed E-state index contributed by atoms with van der Waals surface area (Å²) in [5.74, 6) is -0.240. The van der Waals surface area contributed by atoms with Gasteiger partial charge in [0.05, 0.1) is 16.1 Å². The van der Waals surface area contributed by atoms with Crippen molar-refractivity contribution in [2.24, 2.45) is 11.7 Å². The zero-order chi connectivity index (χ0) is 23.4. The monoisotopic (exact) mass is 513 g/mol. The summed E-state index contributed by atoms with van der Waals surface area (Å²) in [6, 6.07) is 3.75. The summed E-state index contributed by atoms with van der Waals surface area (Å²) in [6.07, 6.45) is 4.94. The Morgan fingerprint density at radius 3 is 2.72 bits per heavy atom. The van der Waals surface area contributed by atoms with Gasteiger partial charge in [0.15, 0.2) is 0 Å². The van der Waals surface area contributed by atoms with Gasteiger partial charge in [-0.1, -0.05) is 30.1 Å². The molecule has 0 saturated heterocycles. The van der Waals surface area contributed by atoms with Crippen LogP contribution in [0, 0.1) is 5.92 Å². The first-order valence-corrected chi connectivity index (χ1v) is 13.2. The van der Waals surface area contributed by atoms with Gasteiger partial charge in [0.2, 0.25) is 5.91 Å². The highest BCUT2D eigenvalue weighted by Crippen LogP contribution is 2.39. The van der Waals surface area contributed by atoms with Gasteiger partial charge in [0.1, 0.15) is 11.0 Å². The third-order valence-electron chi connectivity index (χ3n) is 5.40. The third-order valence-corrected chi connectivity index (χ3v) is 7.76. The lowest BCUT2D eigenvalue weighted by molar-refractivity contribution is -0.118. The molecule has 4 N–H and O–H groups in total. The molecule has 10 heteroatoms. The first kappa shape index (κ1) is 24.9.